The molecule has 0 saturated heterocycles. The fourth-order valence-corrected chi connectivity index (χ4v) is 3.57. The standard InChI is InChI=1S/C23H26N2O2/c1-6-25-13-20(22(26)18-9-7-8-10-21(18)25)23(27)24-17(5)19-12-15(3)14(2)11-16(19)4/h7-13,17H,6H2,1-5H3,(H,24,27). The molecule has 1 aromatic heterocycles. The van der Waals surface area contributed by atoms with Crippen molar-refractivity contribution < 1.29 is 4.79 Å². The summed E-state index contributed by atoms with van der Waals surface area (Å²) in [7, 11) is 0. The number of para-hydroxylation sites is 1. The molecular formula is C23H26N2O2. The average molecular weight is 362 g/mol. The van der Waals surface area contributed by atoms with Gasteiger partial charge in [-0.15, -0.1) is 0 Å². The molecule has 0 aliphatic rings. The van der Waals surface area contributed by atoms with E-state index in [2.05, 4.69) is 31.3 Å². The predicted octanol–water partition coefficient (Wildman–Crippen LogP) is 4.44. The summed E-state index contributed by atoms with van der Waals surface area (Å²) in [6.07, 6.45) is 1.67. The second kappa shape index (κ2) is 7.39. The van der Waals surface area contributed by atoms with Gasteiger partial charge in [-0.3, -0.25) is 9.59 Å². The van der Waals surface area contributed by atoms with E-state index in [0.717, 1.165) is 16.6 Å². The van der Waals surface area contributed by atoms with Crippen LogP contribution in [0.2, 0.25) is 0 Å². The van der Waals surface area contributed by atoms with Gasteiger partial charge in [0.25, 0.3) is 5.91 Å². The van der Waals surface area contributed by atoms with Crippen molar-refractivity contribution in [1.29, 1.82) is 0 Å². The van der Waals surface area contributed by atoms with Gasteiger partial charge in [0.1, 0.15) is 5.56 Å². The van der Waals surface area contributed by atoms with Gasteiger partial charge in [0.15, 0.2) is 0 Å². The number of fused-ring (bicyclic) bond motifs is 1. The smallest absolute Gasteiger partial charge is 0.257 e. The molecule has 27 heavy (non-hydrogen) atoms. The molecule has 0 fully saturated rings. The highest BCUT2D eigenvalue weighted by Gasteiger charge is 2.18. The highest BCUT2D eigenvalue weighted by Crippen LogP contribution is 2.22. The maximum Gasteiger partial charge on any atom is 0.257 e. The van der Waals surface area contributed by atoms with Crippen LogP contribution in [0.25, 0.3) is 10.9 Å². The minimum absolute atomic E-state index is 0.183. The normalized spacial score (nSPS) is 12.2. The Morgan fingerprint density at radius 2 is 1.74 bits per heavy atom. The average Bonchev–Trinajstić information content (AvgIpc) is 2.65. The van der Waals surface area contributed by atoms with E-state index < -0.39 is 0 Å². The van der Waals surface area contributed by atoms with Crippen molar-refractivity contribution in [2.75, 3.05) is 0 Å². The van der Waals surface area contributed by atoms with Crippen molar-refractivity contribution in [2.45, 2.75) is 47.2 Å². The Morgan fingerprint density at radius 1 is 1.07 bits per heavy atom. The van der Waals surface area contributed by atoms with Crippen LogP contribution >= 0.6 is 0 Å². The predicted molar refractivity (Wildman–Crippen MR) is 110 cm³/mol. The number of carbonyl (C=O) groups excluding carboxylic acids is 1. The lowest BCUT2D eigenvalue weighted by atomic mass is 9.96. The van der Waals surface area contributed by atoms with Crippen LogP contribution in [0.1, 0.15) is 52.5 Å². The Balaban J connectivity index is 1.98. The molecule has 2 aromatic carbocycles. The van der Waals surface area contributed by atoms with Crippen molar-refractivity contribution in [1.82, 2.24) is 9.88 Å². The van der Waals surface area contributed by atoms with E-state index in [0.29, 0.717) is 11.9 Å². The van der Waals surface area contributed by atoms with Gasteiger partial charge < -0.3 is 9.88 Å². The third kappa shape index (κ3) is 3.52. The second-order valence-electron chi connectivity index (χ2n) is 7.16. The number of rotatable bonds is 4. The highest BCUT2D eigenvalue weighted by atomic mass is 16.2. The number of amides is 1. The zero-order chi connectivity index (χ0) is 19.7. The fraction of sp³-hybridized carbons (Fsp3) is 0.304. The van der Waals surface area contributed by atoms with Crippen LogP contribution in [0.4, 0.5) is 0 Å². The summed E-state index contributed by atoms with van der Waals surface area (Å²) >= 11 is 0. The van der Waals surface area contributed by atoms with Crippen LogP contribution in [0.3, 0.4) is 0 Å². The lowest BCUT2D eigenvalue weighted by molar-refractivity contribution is 0.0938. The number of pyridine rings is 1. The van der Waals surface area contributed by atoms with Gasteiger partial charge in [0.2, 0.25) is 5.43 Å². The summed E-state index contributed by atoms with van der Waals surface area (Å²) in [5, 5.41) is 3.58. The molecule has 0 saturated carbocycles. The first kappa shape index (κ1) is 18.9. The summed E-state index contributed by atoms with van der Waals surface area (Å²) in [5.74, 6) is -0.335. The van der Waals surface area contributed by atoms with Crippen LogP contribution in [0.5, 0.6) is 0 Å². The number of nitrogens with one attached hydrogen (secondary N) is 1. The molecule has 0 bridgehead atoms. The Hall–Kier alpha value is -2.88. The molecule has 3 aromatic rings. The summed E-state index contributed by atoms with van der Waals surface area (Å²) in [6.45, 7) is 10.8. The summed E-state index contributed by atoms with van der Waals surface area (Å²) in [4.78, 5) is 25.7. The van der Waals surface area contributed by atoms with Crippen molar-refractivity contribution in [2.24, 2.45) is 0 Å². The van der Waals surface area contributed by atoms with Crippen LogP contribution in [0.15, 0.2) is 47.4 Å². The Kier molecular flexibility index (Phi) is 5.17. The van der Waals surface area contributed by atoms with Crippen molar-refractivity contribution in [3.05, 3.63) is 80.6 Å². The number of aromatic nitrogens is 1. The molecule has 1 amide bonds. The van der Waals surface area contributed by atoms with E-state index in [9.17, 15) is 9.59 Å². The number of hydrogen-bond acceptors (Lipinski definition) is 2. The third-order valence-corrected chi connectivity index (χ3v) is 5.27. The Labute approximate surface area is 159 Å². The summed E-state index contributed by atoms with van der Waals surface area (Å²) in [5.41, 5.74) is 5.43. The summed E-state index contributed by atoms with van der Waals surface area (Å²) in [6, 6.07) is 11.5. The van der Waals surface area contributed by atoms with E-state index in [1.54, 1.807) is 12.3 Å². The number of nitrogens with zero attached hydrogens (tertiary/aromatic N) is 1. The summed E-state index contributed by atoms with van der Waals surface area (Å²) < 4.78 is 1.94. The molecule has 0 aliphatic carbocycles. The van der Waals surface area contributed by atoms with Crippen LogP contribution in [0, 0.1) is 20.8 Å². The van der Waals surface area contributed by atoms with Crippen LogP contribution in [-0.4, -0.2) is 10.5 Å². The zero-order valence-corrected chi connectivity index (χ0v) is 16.6. The third-order valence-electron chi connectivity index (χ3n) is 5.27. The number of aryl methyl sites for hydroxylation is 4. The fourth-order valence-electron chi connectivity index (χ4n) is 3.57. The number of benzene rings is 2. The van der Waals surface area contributed by atoms with E-state index in [-0.39, 0.29) is 22.9 Å². The van der Waals surface area contributed by atoms with E-state index in [1.165, 1.54) is 11.1 Å². The first-order valence-corrected chi connectivity index (χ1v) is 9.34. The Morgan fingerprint density at radius 3 is 2.44 bits per heavy atom. The molecular weight excluding hydrogens is 336 g/mol. The molecule has 4 heteroatoms. The van der Waals surface area contributed by atoms with Gasteiger partial charge >= 0.3 is 0 Å². The zero-order valence-electron chi connectivity index (χ0n) is 16.6. The SMILES string of the molecule is CCn1cc(C(=O)NC(C)c2cc(C)c(C)cc2C)c(=O)c2ccccc21. The van der Waals surface area contributed by atoms with Crippen molar-refractivity contribution >= 4 is 16.8 Å². The second-order valence-corrected chi connectivity index (χ2v) is 7.16. The molecule has 0 spiro atoms. The highest BCUT2D eigenvalue weighted by molar-refractivity contribution is 5.97. The molecule has 1 heterocycles. The minimum Gasteiger partial charge on any atom is -0.347 e. The van der Waals surface area contributed by atoms with Crippen molar-refractivity contribution in [3.8, 4) is 0 Å². The van der Waals surface area contributed by atoms with Crippen molar-refractivity contribution in [3.63, 3.8) is 0 Å². The Bertz CT molecular complexity index is 1080. The monoisotopic (exact) mass is 362 g/mol. The topological polar surface area (TPSA) is 51.1 Å². The largest absolute Gasteiger partial charge is 0.347 e. The van der Waals surface area contributed by atoms with Crippen LogP contribution < -0.4 is 10.7 Å². The maximum absolute atomic E-state index is 12.9. The van der Waals surface area contributed by atoms with Crippen LogP contribution in [-0.2, 0) is 6.54 Å². The number of carbonyl (C=O) groups is 1. The number of hydrogen-bond donors (Lipinski definition) is 1. The van der Waals surface area contributed by atoms with E-state index >= 15 is 0 Å². The molecule has 0 radical (unpaired) electrons. The van der Waals surface area contributed by atoms with Gasteiger partial charge in [-0.2, -0.15) is 0 Å². The van der Waals surface area contributed by atoms with Gasteiger partial charge in [-0.25, -0.2) is 0 Å². The molecule has 140 valence electrons. The molecule has 1 N–H and O–H groups in total. The lowest BCUT2D eigenvalue weighted by Gasteiger charge is -2.19. The molecule has 0 aliphatic heterocycles. The van der Waals surface area contributed by atoms with Gasteiger partial charge in [0.05, 0.1) is 11.6 Å². The van der Waals surface area contributed by atoms with E-state index in [4.69, 9.17) is 0 Å². The van der Waals surface area contributed by atoms with Gasteiger partial charge in [0, 0.05) is 18.1 Å². The first-order chi connectivity index (χ1) is 12.8. The minimum atomic E-state index is -0.335. The molecule has 4 nitrogen and oxygen atoms in total. The molecule has 1 atom stereocenters. The van der Waals surface area contributed by atoms with E-state index in [1.807, 2.05) is 43.5 Å². The maximum atomic E-state index is 12.9. The molecule has 1 unspecified atom stereocenters. The van der Waals surface area contributed by atoms with Gasteiger partial charge in [-0.1, -0.05) is 24.3 Å². The molecule has 3 rings (SSSR count). The quantitative estimate of drug-likeness (QED) is 0.746. The first-order valence-electron chi connectivity index (χ1n) is 9.34. The lowest BCUT2D eigenvalue weighted by Crippen LogP contribution is -2.32. The van der Waals surface area contributed by atoms with Gasteiger partial charge in [-0.05, 0) is 69.0 Å².